The summed E-state index contributed by atoms with van der Waals surface area (Å²) in [6, 6.07) is 4.80. The molecule has 2 rings (SSSR count). The van der Waals surface area contributed by atoms with E-state index >= 15 is 0 Å². The smallest absolute Gasteiger partial charge is 0.123 e. The topological polar surface area (TPSA) is 12.4 Å². The molecule has 0 aromatic heterocycles. The van der Waals surface area contributed by atoms with Gasteiger partial charge >= 0.3 is 0 Å². The predicted molar refractivity (Wildman–Crippen MR) is 59.5 cm³/mol. The van der Waals surface area contributed by atoms with Gasteiger partial charge in [0.25, 0.3) is 0 Å². The van der Waals surface area contributed by atoms with E-state index in [4.69, 9.17) is 11.6 Å². The first kappa shape index (κ1) is 11.5. The van der Waals surface area contributed by atoms with Gasteiger partial charge in [0.05, 0.1) is 11.6 Å². The Balaban J connectivity index is 0.000000980. The van der Waals surface area contributed by atoms with Crippen LogP contribution >= 0.6 is 24.0 Å². The monoisotopic (exact) mass is 233 g/mol. The molecule has 1 aromatic carbocycles. The average molecular weight is 234 g/mol. The van der Waals surface area contributed by atoms with Gasteiger partial charge in [-0.3, -0.25) is 4.99 Å². The Kier molecular flexibility index (Phi) is 3.90. The highest BCUT2D eigenvalue weighted by Gasteiger charge is 2.13. The fourth-order valence-electron chi connectivity index (χ4n) is 1.55. The van der Waals surface area contributed by atoms with E-state index in [0.29, 0.717) is 5.88 Å². The highest BCUT2D eigenvalue weighted by Crippen LogP contribution is 2.17. The lowest BCUT2D eigenvalue weighted by atomic mass is 9.98. The van der Waals surface area contributed by atoms with Gasteiger partial charge in [-0.2, -0.15) is 0 Å². The van der Waals surface area contributed by atoms with Crippen molar-refractivity contribution in [1.82, 2.24) is 0 Å². The van der Waals surface area contributed by atoms with Crippen LogP contribution in [-0.4, -0.2) is 18.1 Å². The number of nitrogens with zero attached hydrogens (tertiary/aromatic N) is 1. The molecule has 1 aromatic rings. The average Bonchev–Trinajstić information content (AvgIpc) is 2.17. The van der Waals surface area contributed by atoms with Crippen molar-refractivity contribution in [3.05, 3.63) is 35.1 Å². The number of alkyl halides is 1. The Hall–Kier alpha value is -0.600. The fourth-order valence-corrected chi connectivity index (χ4v) is 1.77. The highest BCUT2D eigenvalue weighted by atomic mass is 35.5. The van der Waals surface area contributed by atoms with Crippen molar-refractivity contribution in [1.29, 1.82) is 0 Å². The van der Waals surface area contributed by atoms with Crippen LogP contribution in [0.25, 0.3) is 0 Å². The Morgan fingerprint density at radius 2 is 2.21 bits per heavy atom. The van der Waals surface area contributed by atoms with E-state index < -0.39 is 0 Å². The first-order chi connectivity index (χ1) is 6.31. The number of benzene rings is 1. The first-order valence-electron chi connectivity index (χ1n) is 4.19. The minimum absolute atomic E-state index is 0. The molecule has 14 heavy (non-hydrogen) atoms. The van der Waals surface area contributed by atoms with Gasteiger partial charge in [0.2, 0.25) is 0 Å². The van der Waals surface area contributed by atoms with Crippen molar-refractivity contribution in [2.75, 3.05) is 12.4 Å². The van der Waals surface area contributed by atoms with Crippen LogP contribution in [0.2, 0.25) is 0 Å². The molecule has 0 N–H and O–H groups in total. The quantitative estimate of drug-likeness (QED) is 0.662. The van der Waals surface area contributed by atoms with Gasteiger partial charge in [0.1, 0.15) is 5.82 Å². The van der Waals surface area contributed by atoms with Gasteiger partial charge in [0.15, 0.2) is 0 Å². The van der Waals surface area contributed by atoms with Gasteiger partial charge in [-0.05, 0) is 24.1 Å². The Morgan fingerprint density at radius 1 is 1.43 bits per heavy atom. The van der Waals surface area contributed by atoms with Crippen LogP contribution in [0.3, 0.4) is 0 Å². The predicted octanol–water partition coefficient (Wildman–Crippen LogP) is 2.83. The van der Waals surface area contributed by atoms with Gasteiger partial charge in [-0.1, -0.05) is 6.07 Å². The van der Waals surface area contributed by atoms with Crippen LogP contribution in [0, 0.1) is 5.82 Å². The maximum atomic E-state index is 12.9. The molecule has 0 saturated heterocycles. The summed E-state index contributed by atoms with van der Waals surface area (Å²) < 4.78 is 12.9. The van der Waals surface area contributed by atoms with Crippen molar-refractivity contribution in [2.45, 2.75) is 6.42 Å². The molecule has 1 aliphatic rings. The lowest BCUT2D eigenvalue weighted by Crippen LogP contribution is -2.14. The molecular formula is C10H10Cl2FN. The van der Waals surface area contributed by atoms with E-state index in [1.165, 1.54) is 12.1 Å². The number of halogens is 3. The van der Waals surface area contributed by atoms with Gasteiger partial charge in [-0.25, -0.2) is 4.39 Å². The first-order valence-corrected chi connectivity index (χ1v) is 4.73. The highest BCUT2D eigenvalue weighted by molar-refractivity contribution is 6.32. The SMILES string of the molecule is Cl.Fc1ccc2c(c1)C(CCl)=NCC2. The molecule has 4 heteroatoms. The summed E-state index contributed by atoms with van der Waals surface area (Å²) in [5, 5.41) is 0. The largest absolute Gasteiger partial charge is 0.288 e. The summed E-state index contributed by atoms with van der Waals surface area (Å²) in [6.07, 6.45) is 0.885. The van der Waals surface area contributed by atoms with Crippen LogP contribution in [0.15, 0.2) is 23.2 Å². The third-order valence-electron chi connectivity index (χ3n) is 2.19. The molecule has 0 atom stereocenters. The molecule has 0 bridgehead atoms. The maximum Gasteiger partial charge on any atom is 0.123 e. The van der Waals surface area contributed by atoms with E-state index in [1.807, 2.05) is 6.07 Å². The van der Waals surface area contributed by atoms with Crippen molar-refractivity contribution in [3.8, 4) is 0 Å². The molecule has 1 nitrogen and oxygen atoms in total. The van der Waals surface area contributed by atoms with E-state index in [0.717, 1.165) is 29.8 Å². The zero-order chi connectivity index (χ0) is 9.26. The van der Waals surface area contributed by atoms with Crippen molar-refractivity contribution in [3.63, 3.8) is 0 Å². The van der Waals surface area contributed by atoms with E-state index in [9.17, 15) is 4.39 Å². The second-order valence-corrected chi connectivity index (χ2v) is 3.28. The number of hydrogen-bond donors (Lipinski definition) is 0. The van der Waals surface area contributed by atoms with Gasteiger partial charge < -0.3 is 0 Å². The van der Waals surface area contributed by atoms with E-state index in [2.05, 4.69) is 4.99 Å². The van der Waals surface area contributed by atoms with E-state index in [1.54, 1.807) is 0 Å². The minimum atomic E-state index is -0.224. The molecule has 0 saturated carbocycles. The van der Waals surface area contributed by atoms with Crippen LogP contribution in [0.1, 0.15) is 11.1 Å². The molecular weight excluding hydrogens is 224 g/mol. The number of aliphatic imine (C=N–C) groups is 1. The summed E-state index contributed by atoms with van der Waals surface area (Å²) in [5.74, 6) is 0.134. The van der Waals surface area contributed by atoms with Crippen LogP contribution < -0.4 is 0 Å². The van der Waals surface area contributed by atoms with Crippen molar-refractivity contribution < 1.29 is 4.39 Å². The number of rotatable bonds is 1. The summed E-state index contributed by atoms with van der Waals surface area (Å²) in [6.45, 7) is 0.765. The Bertz CT molecular complexity index is 363. The fraction of sp³-hybridized carbons (Fsp3) is 0.300. The summed E-state index contributed by atoms with van der Waals surface area (Å²) >= 11 is 5.71. The zero-order valence-electron chi connectivity index (χ0n) is 7.46. The Labute approximate surface area is 93.4 Å². The number of hydrogen-bond acceptors (Lipinski definition) is 1. The van der Waals surface area contributed by atoms with Gasteiger partial charge in [-0.15, -0.1) is 24.0 Å². The second-order valence-electron chi connectivity index (χ2n) is 3.01. The van der Waals surface area contributed by atoms with Crippen LogP contribution in [0.5, 0.6) is 0 Å². The Morgan fingerprint density at radius 3 is 2.93 bits per heavy atom. The second kappa shape index (κ2) is 4.76. The third-order valence-corrected chi connectivity index (χ3v) is 2.45. The van der Waals surface area contributed by atoms with Crippen molar-refractivity contribution in [2.24, 2.45) is 4.99 Å². The lowest BCUT2D eigenvalue weighted by molar-refractivity contribution is 0.626. The maximum absolute atomic E-state index is 12.9. The molecule has 0 aliphatic carbocycles. The van der Waals surface area contributed by atoms with Crippen LogP contribution in [-0.2, 0) is 6.42 Å². The molecule has 0 amide bonds. The molecule has 0 spiro atoms. The summed E-state index contributed by atoms with van der Waals surface area (Å²) in [4.78, 5) is 4.25. The molecule has 0 fully saturated rings. The molecule has 0 unspecified atom stereocenters. The molecule has 1 aliphatic heterocycles. The normalized spacial score (nSPS) is 14.0. The molecule has 1 heterocycles. The van der Waals surface area contributed by atoms with E-state index in [-0.39, 0.29) is 18.2 Å². The number of fused-ring (bicyclic) bond motifs is 1. The summed E-state index contributed by atoms with van der Waals surface area (Å²) in [7, 11) is 0. The van der Waals surface area contributed by atoms with Gasteiger partial charge in [0, 0.05) is 12.1 Å². The molecule has 76 valence electrons. The minimum Gasteiger partial charge on any atom is -0.288 e. The zero-order valence-corrected chi connectivity index (χ0v) is 9.04. The molecule has 0 radical (unpaired) electrons. The van der Waals surface area contributed by atoms with Crippen LogP contribution in [0.4, 0.5) is 4.39 Å². The van der Waals surface area contributed by atoms with Crippen molar-refractivity contribution >= 4 is 29.7 Å². The standard InChI is InChI=1S/C10H9ClFN.ClH/c11-6-10-9-5-8(12)2-1-7(9)3-4-13-10;/h1-2,5H,3-4,6H2;1H. The lowest BCUT2D eigenvalue weighted by Gasteiger charge is -2.14. The summed E-state index contributed by atoms with van der Waals surface area (Å²) in [5.41, 5.74) is 2.83. The third kappa shape index (κ3) is 2.07.